The van der Waals surface area contributed by atoms with Crippen molar-refractivity contribution in [2.24, 2.45) is 5.92 Å². The Morgan fingerprint density at radius 3 is 2.42 bits per heavy atom. The number of fused-ring (bicyclic) bond motifs is 1. The fourth-order valence-electron chi connectivity index (χ4n) is 4.46. The van der Waals surface area contributed by atoms with Gasteiger partial charge in [0.1, 0.15) is 17.1 Å². The Balaban J connectivity index is 1.52. The summed E-state index contributed by atoms with van der Waals surface area (Å²) in [6, 6.07) is 14.3. The molecule has 1 aromatic heterocycles. The van der Waals surface area contributed by atoms with Crippen molar-refractivity contribution < 1.29 is 27.5 Å². The first kappa shape index (κ1) is 29.7. The van der Waals surface area contributed by atoms with Crippen molar-refractivity contribution in [2.45, 2.75) is 91.4 Å². The third kappa shape index (κ3) is 8.85. The molecule has 3 rings (SSSR count). The highest BCUT2D eigenvalue weighted by atomic mass is 19.3. The molecule has 38 heavy (non-hydrogen) atoms. The van der Waals surface area contributed by atoms with E-state index in [2.05, 4.69) is 32.0 Å². The van der Waals surface area contributed by atoms with E-state index >= 15 is 0 Å². The minimum atomic E-state index is -2.81. The zero-order valence-corrected chi connectivity index (χ0v) is 23.3. The molecule has 0 fully saturated rings. The standard InChI is InChI=1S/C32H42F2O4/c1-5-7-8-11-24-12-15-28(25(6-2)20-24)30-21-26-13-14-27(22-29(26)38-30)36-18-9-16-32(33,34)17-10-19-37-31(35)23(3)4/h12-15,20-23H,5-11,16-19H2,1-4H3. The molecule has 2 aromatic carbocycles. The Morgan fingerprint density at radius 2 is 1.71 bits per heavy atom. The van der Waals surface area contributed by atoms with Gasteiger partial charge in [0.2, 0.25) is 5.92 Å². The number of rotatable bonds is 16. The second-order valence-corrected chi connectivity index (χ2v) is 10.3. The van der Waals surface area contributed by atoms with Crippen LogP contribution in [0.1, 0.15) is 83.8 Å². The first-order valence-corrected chi connectivity index (χ1v) is 14.1. The van der Waals surface area contributed by atoms with Gasteiger partial charge < -0.3 is 13.9 Å². The number of hydrogen-bond acceptors (Lipinski definition) is 4. The van der Waals surface area contributed by atoms with Crippen molar-refractivity contribution in [2.75, 3.05) is 13.2 Å². The first-order chi connectivity index (χ1) is 18.2. The number of benzene rings is 2. The van der Waals surface area contributed by atoms with Crippen LogP contribution in [-0.2, 0) is 22.4 Å². The molecule has 0 amide bonds. The van der Waals surface area contributed by atoms with Gasteiger partial charge in [-0.25, -0.2) is 8.78 Å². The number of ether oxygens (including phenoxy) is 2. The second kappa shape index (κ2) is 14.3. The number of furan rings is 1. The lowest BCUT2D eigenvalue weighted by molar-refractivity contribution is -0.148. The third-order valence-electron chi connectivity index (χ3n) is 6.73. The number of carbonyl (C=O) groups is 1. The molecule has 0 aliphatic rings. The molecular weight excluding hydrogens is 486 g/mol. The average molecular weight is 529 g/mol. The third-order valence-corrected chi connectivity index (χ3v) is 6.73. The van der Waals surface area contributed by atoms with Crippen molar-refractivity contribution in [1.82, 2.24) is 0 Å². The molecule has 6 heteroatoms. The van der Waals surface area contributed by atoms with Gasteiger partial charge in [-0.2, -0.15) is 0 Å². The van der Waals surface area contributed by atoms with E-state index in [1.54, 1.807) is 13.8 Å². The molecule has 0 aliphatic carbocycles. The highest BCUT2D eigenvalue weighted by molar-refractivity contribution is 5.84. The lowest BCUT2D eigenvalue weighted by atomic mass is 9.97. The van der Waals surface area contributed by atoms with Crippen LogP contribution in [0.4, 0.5) is 8.78 Å². The maximum absolute atomic E-state index is 14.2. The molecule has 0 bridgehead atoms. The molecule has 0 unspecified atom stereocenters. The van der Waals surface area contributed by atoms with E-state index in [1.807, 2.05) is 24.3 Å². The Kier molecular flexibility index (Phi) is 11.2. The summed E-state index contributed by atoms with van der Waals surface area (Å²) in [5.74, 6) is -1.99. The van der Waals surface area contributed by atoms with Crippen molar-refractivity contribution in [3.8, 4) is 17.1 Å². The summed E-state index contributed by atoms with van der Waals surface area (Å²) in [5.41, 5.74) is 4.46. The monoisotopic (exact) mass is 528 g/mol. The Hall–Kier alpha value is -2.89. The van der Waals surface area contributed by atoms with E-state index in [-0.39, 0.29) is 50.8 Å². The summed E-state index contributed by atoms with van der Waals surface area (Å²) in [6.45, 7) is 8.03. The van der Waals surface area contributed by atoms with Crippen molar-refractivity contribution in [3.05, 3.63) is 53.6 Å². The molecule has 0 saturated carbocycles. The van der Waals surface area contributed by atoms with E-state index < -0.39 is 5.92 Å². The molecule has 0 atom stereocenters. The number of halogens is 2. The Bertz CT molecular complexity index is 1170. The highest BCUT2D eigenvalue weighted by Gasteiger charge is 2.27. The SMILES string of the molecule is CCCCCc1ccc(-c2cc3ccc(OCCCC(F)(F)CCCOC(=O)C(C)C)cc3o2)c(CC)c1. The molecule has 4 nitrogen and oxygen atoms in total. The zero-order valence-electron chi connectivity index (χ0n) is 23.3. The van der Waals surface area contributed by atoms with Crippen LogP contribution in [0.15, 0.2) is 46.9 Å². The fourth-order valence-corrected chi connectivity index (χ4v) is 4.46. The minimum Gasteiger partial charge on any atom is -0.493 e. The first-order valence-electron chi connectivity index (χ1n) is 14.1. The Labute approximate surface area is 225 Å². The van der Waals surface area contributed by atoms with Crippen LogP contribution in [0.2, 0.25) is 0 Å². The topological polar surface area (TPSA) is 48.7 Å². The van der Waals surface area contributed by atoms with E-state index in [1.165, 1.54) is 30.4 Å². The van der Waals surface area contributed by atoms with E-state index in [4.69, 9.17) is 13.9 Å². The summed E-state index contributed by atoms with van der Waals surface area (Å²) in [7, 11) is 0. The average Bonchev–Trinajstić information content (AvgIpc) is 3.32. The van der Waals surface area contributed by atoms with E-state index in [0.717, 1.165) is 29.6 Å². The van der Waals surface area contributed by atoms with Gasteiger partial charge in [-0.3, -0.25) is 4.79 Å². The van der Waals surface area contributed by atoms with Gasteiger partial charge in [-0.05, 0) is 61.4 Å². The zero-order chi connectivity index (χ0) is 27.5. The van der Waals surface area contributed by atoms with Crippen molar-refractivity contribution in [3.63, 3.8) is 0 Å². The second-order valence-electron chi connectivity index (χ2n) is 10.3. The molecule has 0 radical (unpaired) electrons. The number of esters is 1. The van der Waals surface area contributed by atoms with Gasteiger partial charge in [0.25, 0.3) is 0 Å². The van der Waals surface area contributed by atoms with Crippen LogP contribution in [0.25, 0.3) is 22.3 Å². The summed E-state index contributed by atoms with van der Waals surface area (Å²) in [4.78, 5) is 11.4. The summed E-state index contributed by atoms with van der Waals surface area (Å²) >= 11 is 0. The lowest BCUT2D eigenvalue weighted by Gasteiger charge is -2.16. The molecule has 0 spiro atoms. The number of unbranched alkanes of at least 4 members (excludes halogenated alkanes) is 2. The molecular formula is C32H42F2O4. The minimum absolute atomic E-state index is 0.0249. The molecule has 208 valence electrons. The van der Waals surface area contributed by atoms with Gasteiger partial charge in [0.05, 0.1) is 19.1 Å². The summed E-state index contributed by atoms with van der Waals surface area (Å²) in [6.07, 6.45) is 5.49. The summed E-state index contributed by atoms with van der Waals surface area (Å²) in [5, 5.41) is 0.978. The molecule has 0 N–H and O–H groups in total. The van der Waals surface area contributed by atoms with Crippen molar-refractivity contribution >= 4 is 16.9 Å². The maximum Gasteiger partial charge on any atom is 0.308 e. The maximum atomic E-state index is 14.2. The highest BCUT2D eigenvalue weighted by Crippen LogP contribution is 2.33. The molecule has 3 aromatic rings. The largest absolute Gasteiger partial charge is 0.493 e. The quantitative estimate of drug-likeness (QED) is 0.137. The predicted octanol–water partition coefficient (Wildman–Crippen LogP) is 9.17. The van der Waals surface area contributed by atoms with Gasteiger partial charge in [0.15, 0.2) is 0 Å². The van der Waals surface area contributed by atoms with Gasteiger partial charge in [-0.1, -0.05) is 58.7 Å². The molecule has 1 heterocycles. The van der Waals surface area contributed by atoms with Gasteiger partial charge in [0, 0.05) is 29.9 Å². The van der Waals surface area contributed by atoms with Gasteiger partial charge >= 0.3 is 5.97 Å². The van der Waals surface area contributed by atoms with E-state index in [0.29, 0.717) is 11.3 Å². The van der Waals surface area contributed by atoms with Crippen LogP contribution in [-0.4, -0.2) is 25.1 Å². The smallest absolute Gasteiger partial charge is 0.308 e. The van der Waals surface area contributed by atoms with Crippen LogP contribution in [0.3, 0.4) is 0 Å². The summed E-state index contributed by atoms with van der Waals surface area (Å²) < 4.78 is 45.2. The number of aryl methyl sites for hydroxylation is 2. The van der Waals surface area contributed by atoms with Crippen LogP contribution in [0, 0.1) is 5.92 Å². The van der Waals surface area contributed by atoms with E-state index in [9.17, 15) is 13.6 Å². The fraction of sp³-hybridized carbons (Fsp3) is 0.531. The molecule has 0 aliphatic heterocycles. The molecule has 0 saturated heterocycles. The van der Waals surface area contributed by atoms with Gasteiger partial charge in [-0.15, -0.1) is 0 Å². The Morgan fingerprint density at radius 1 is 0.947 bits per heavy atom. The van der Waals surface area contributed by atoms with Crippen LogP contribution >= 0.6 is 0 Å². The lowest BCUT2D eigenvalue weighted by Crippen LogP contribution is -2.19. The number of alkyl halides is 2. The van der Waals surface area contributed by atoms with Crippen LogP contribution < -0.4 is 4.74 Å². The van der Waals surface area contributed by atoms with Crippen molar-refractivity contribution in [1.29, 1.82) is 0 Å². The number of carbonyl (C=O) groups excluding carboxylic acids is 1. The predicted molar refractivity (Wildman–Crippen MR) is 149 cm³/mol. The normalized spacial score (nSPS) is 11.9. The van der Waals surface area contributed by atoms with Crippen LogP contribution in [0.5, 0.6) is 5.75 Å². The number of hydrogen-bond donors (Lipinski definition) is 0.